The second-order valence-corrected chi connectivity index (χ2v) is 11.8. The Balaban J connectivity index is 1.54. The van der Waals surface area contributed by atoms with Crippen LogP contribution in [0.25, 0.3) is 23.0 Å². The van der Waals surface area contributed by atoms with E-state index < -0.39 is 15.9 Å². The van der Waals surface area contributed by atoms with E-state index in [1.54, 1.807) is 41.2 Å². The van der Waals surface area contributed by atoms with Crippen molar-refractivity contribution < 1.29 is 13.2 Å². The molecule has 2 fully saturated rings. The van der Waals surface area contributed by atoms with Crippen molar-refractivity contribution in [1.29, 1.82) is 5.26 Å². The molecular formula is C29H31N5O3S. The summed E-state index contributed by atoms with van der Waals surface area (Å²) < 4.78 is 29.6. The number of hydrogen-bond acceptors (Lipinski definition) is 5. The Labute approximate surface area is 223 Å². The van der Waals surface area contributed by atoms with Gasteiger partial charge in [0, 0.05) is 36.5 Å². The molecule has 9 heteroatoms. The third-order valence-electron chi connectivity index (χ3n) is 7.18. The van der Waals surface area contributed by atoms with Crippen LogP contribution in [0.2, 0.25) is 0 Å². The van der Waals surface area contributed by atoms with Gasteiger partial charge in [-0.15, -0.1) is 0 Å². The van der Waals surface area contributed by atoms with Gasteiger partial charge in [-0.25, -0.2) is 13.1 Å². The van der Waals surface area contributed by atoms with Crippen LogP contribution in [-0.2, 0) is 14.8 Å². The van der Waals surface area contributed by atoms with Gasteiger partial charge in [0.05, 0.1) is 10.6 Å². The van der Waals surface area contributed by atoms with Crippen LogP contribution in [0.15, 0.2) is 71.3 Å². The van der Waals surface area contributed by atoms with Gasteiger partial charge in [0.1, 0.15) is 17.3 Å². The average molecular weight is 530 g/mol. The van der Waals surface area contributed by atoms with Gasteiger partial charge in [-0.1, -0.05) is 49.6 Å². The predicted molar refractivity (Wildman–Crippen MR) is 146 cm³/mol. The molecule has 3 aromatic rings. The molecule has 0 atom stereocenters. The van der Waals surface area contributed by atoms with E-state index in [1.807, 2.05) is 36.4 Å². The SMILES string of the molecule is N#C/C(=C/c1cn(-c2ccccc2)nc1-c1cccc(S(=O)(=O)N2CCCC2)c1)C(=O)NC1CCCCC1. The molecule has 8 nitrogen and oxygen atoms in total. The van der Waals surface area contributed by atoms with E-state index in [9.17, 15) is 18.5 Å². The topological polar surface area (TPSA) is 108 Å². The molecule has 38 heavy (non-hydrogen) atoms. The highest BCUT2D eigenvalue weighted by molar-refractivity contribution is 7.89. The zero-order valence-corrected chi connectivity index (χ0v) is 22.0. The zero-order chi connectivity index (χ0) is 26.5. The van der Waals surface area contributed by atoms with Crippen molar-refractivity contribution in [2.75, 3.05) is 13.1 Å². The summed E-state index contributed by atoms with van der Waals surface area (Å²) >= 11 is 0. The molecule has 196 valence electrons. The maximum absolute atomic E-state index is 13.2. The summed E-state index contributed by atoms with van der Waals surface area (Å²) in [5, 5.41) is 17.6. The molecule has 0 bridgehead atoms. The highest BCUT2D eigenvalue weighted by atomic mass is 32.2. The van der Waals surface area contributed by atoms with Crippen LogP contribution in [0.4, 0.5) is 0 Å². The lowest BCUT2D eigenvalue weighted by atomic mass is 9.95. The van der Waals surface area contributed by atoms with Crippen LogP contribution in [0.5, 0.6) is 0 Å². The number of benzene rings is 2. The molecular weight excluding hydrogens is 498 g/mol. The van der Waals surface area contributed by atoms with Gasteiger partial charge in [-0.3, -0.25) is 4.79 Å². The lowest BCUT2D eigenvalue weighted by Gasteiger charge is -2.22. The Morgan fingerprint density at radius 1 is 1.00 bits per heavy atom. The summed E-state index contributed by atoms with van der Waals surface area (Å²) in [6.45, 7) is 1.04. The molecule has 2 aromatic carbocycles. The van der Waals surface area contributed by atoms with Gasteiger partial charge in [0.25, 0.3) is 5.91 Å². The molecule has 1 saturated carbocycles. The first-order chi connectivity index (χ1) is 18.5. The second kappa shape index (κ2) is 11.3. The van der Waals surface area contributed by atoms with Crippen molar-refractivity contribution in [3.8, 4) is 23.0 Å². The van der Waals surface area contributed by atoms with Crippen LogP contribution in [0.3, 0.4) is 0 Å². The monoisotopic (exact) mass is 529 g/mol. The molecule has 1 aliphatic heterocycles. The first-order valence-electron chi connectivity index (χ1n) is 13.1. The Morgan fingerprint density at radius 2 is 1.74 bits per heavy atom. The van der Waals surface area contributed by atoms with Gasteiger partial charge in [-0.05, 0) is 56.0 Å². The second-order valence-electron chi connectivity index (χ2n) is 9.83. The minimum Gasteiger partial charge on any atom is -0.349 e. The Morgan fingerprint density at radius 3 is 2.45 bits per heavy atom. The minimum absolute atomic E-state index is 0.00900. The number of rotatable bonds is 7. The van der Waals surface area contributed by atoms with E-state index in [0.29, 0.717) is 29.9 Å². The normalized spacial score (nSPS) is 17.3. The molecule has 2 aliphatic rings. The first-order valence-corrected chi connectivity index (χ1v) is 14.6. The van der Waals surface area contributed by atoms with Gasteiger partial charge < -0.3 is 5.32 Å². The molecule has 2 heterocycles. The third kappa shape index (κ3) is 5.57. The van der Waals surface area contributed by atoms with E-state index in [0.717, 1.165) is 44.2 Å². The Hall–Kier alpha value is -3.74. The van der Waals surface area contributed by atoms with Crippen LogP contribution in [0.1, 0.15) is 50.5 Å². The fourth-order valence-electron chi connectivity index (χ4n) is 5.13. The Bertz CT molecular complexity index is 1480. The quantitative estimate of drug-likeness (QED) is 0.353. The molecule has 1 aliphatic carbocycles. The van der Waals surface area contributed by atoms with Crippen molar-refractivity contribution in [1.82, 2.24) is 19.4 Å². The smallest absolute Gasteiger partial charge is 0.262 e. The van der Waals surface area contributed by atoms with E-state index in [-0.39, 0.29) is 16.5 Å². The molecule has 0 spiro atoms. The third-order valence-corrected chi connectivity index (χ3v) is 9.07. The number of amides is 1. The number of sulfonamides is 1. The summed E-state index contributed by atoms with van der Waals surface area (Å²) in [6.07, 6.45) is 10.2. The number of aromatic nitrogens is 2. The highest BCUT2D eigenvalue weighted by Gasteiger charge is 2.28. The largest absolute Gasteiger partial charge is 0.349 e. The maximum Gasteiger partial charge on any atom is 0.262 e. The van der Waals surface area contributed by atoms with E-state index in [4.69, 9.17) is 5.10 Å². The summed E-state index contributed by atoms with van der Waals surface area (Å²) in [4.78, 5) is 13.2. The van der Waals surface area contributed by atoms with Crippen molar-refractivity contribution in [3.05, 3.63) is 71.9 Å². The summed E-state index contributed by atoms with van der Waals surface area (Å²) in [5.74, 6) is -0.400. The number of para-hydroxylation sites is 1. The fraction of sp³-hybridized carbons (Fsp3) is 0.345. The molecule has 0 radical (unpaired) electrons. The van der Waals surface area contributed by atoms with Gasteiger partial charge in [0.15, 0.2) is 0 Å². The predicted octanol–water partition coefficient (Wildman–Crippen LogP) is 4.68. The summed E-state index contributed by atoms with van der Waals surface area (Å²) in [5.41, 5.74) is 2.44. The standard InChI is InChI=1S/C29H31N5O3S/c30-20-23(29(35)31-25-11-3-1-4-12-25)18-24-21-34(26-13-5-2-6-14-26)32-28(24)22-10-9-15-27(19-22)38(36,37)33-16-7-8-17-33/h2,5-6,9-10,13-15,18-19,21,25H,1,3-4,7-8,11-12,16-17H2,(H,31,35)/b23-18-. The number of nitrogens with one attached hydrogen (secondary N) is 1. The van der Waals surface area contributed by atoms with E-state index in [1.165, 1.54) is 10.7 Å². The fourth-order valence-corrected chi connectivity index (χ4v) is 6.69. The first kappa shape index (κ1) is 25.9. The maximum atomic E-state index is 13.2. The van der Waals surface area contributed by atoms with Crippen molar-refractivity contribution in [2.24, 2.45) is 0 Å². The Kier molecular flexibility index (Phi) is 7.72. The van der Waals surface area contributed by atoms with Crippen molar-refractivity contribution in [2.45, 2.75) is 55.9 Å². The average Bonchev–Trinajstić information content (AvgIpc) is 3.64. The van der Waals surface area contributed by atoms with Crippen LogP contribution >= 0.6 is 0 Å². The van der Waals surface area contributed by atoms with Gasteiger partial charge >= 0.3 is 0 Å². The van der Waals surface area contributed by atoms with E-state index in [2.05, 4.69) is 5.32 Å². The number of carbonyl (C=O) groups is 1. The van der Waals surface area contributed by atoms with Crippen molar-refractivity contribution in [3.63, 3.8) is 0 Å². The van der Waals surface area contributed by atoms with Crippen LogP contribution in [0, 0.1) is 11.3 Å². The number of nitriles is 1. The lowest BCUT2D eigenvalue weighted by molar-refractivity contribution is -0.117. The number of nitrogens with zero attached hydrogens (tertiary/aromatic N) is 4. The van der Waals surface area contributed by atoms with Crippen LogP contribution in [-0.4, -0.2) is 47.5 Å². The zero-order valence-electron chi connectivity index (χ0n) is 21.2. The molecule has 1 aromatic heterocycles. The summed E-state index contributed by atoms with van der Waals surface area (Å²) in [6, 6.07) is 18.3. The number of carbonyl (C=O) groups excluding carboxylic acids is 1. The molecule has 0 unspecified atom stereocenters. The lowest BCUT2D eigenvalue weighted by Crippen LogP contribution is -2.36. The van der Waals surface area contributed by atoms with E-state index >= 15 is 0 Å². The molecule has 1 N–H and O–H groups in total. The van der Waals surface area contributed by atoms with Crippen molar-refractivity contribution >= 4 is 22.0 Å². The molecule has 5 rings (SSSR count). The van der Waals surface area contributed by atoms with Crippen LogP contribution < -0.4 is 5.32 Å². The highest BCUT2D eigenvalue weighted by Crippen LogP contribution is 2.30. The minimum atomic E-state index is -3.62. The van der Waals surface area contributed by atoms with Gasteiger partial charge in [-0.2, -0.15) is 14.7 Å². The molecule has 1 amide bonds. The summed E-state index contributed by atoms with van der Waals surface area (Å²) in [7, 11) is -3.62. The number of hydrogen-bond donors (Lipinski definition) is 1. The van der Waals surface area contributed by atoms with Gasteiger partial charge in [0.2, 0.25) is 10.0 Å². The molecule has 1 saturated heterocycles.